The summed E-state index contributed by atoms with van der Waals surface area (Å²) in [5.74, 6) is 0.723. The molecule has 0 radical (unpaired) electrons. The summed E-state index contributed by atoms with van der Waals surface area (Å²) in [4.78, 5) is 0. The third kappa shape index (κ3) is 3.37. The molecule has 0 atom stereocenters. The van der Waals surface area contributed by atoms with Gasteiger partial charge in [0.15, 0.2) is 0 Å². The molecule has 2 rings (SSSR count). The maximum absolute atomic E-state index is 10.4. The number of rotatable bonds is 4. The second kappa shape index (κ2) is 5.91. The number of hydrogen-bond acceptors (Lipinski definition) is 3. The van der Waals surface area contributed by atoms with Crippen molar-refractivity contribution < 1.29 is 9.84 Å². The van der Waals surface area contributed by atoms with Gasteiger partial charge >= 0.3 is 0 Å². The van der Waals surface area contributed by atoms with E-state index in [0.29, 0.717) is 18.2 Å². The molecular weight excluding hydrogens is 250 g/mol. The Bertz CT molecular complexity index is 403. The van der Waals surface area contributed by atoms with Crippen LogP contribution in [0.15, 0.2) is 18.2 Å². The van der Waals surface area contributed by atoms with Gasteiger partial charge in [-0.1, -0.05) is 30.9 Å². The zero-order valence-corrected chi connectivity index (χ0v) is 11.2. The van der Waals surface area contributed by atoms with Crippen LogP contribution in [0.3, 0.4) is 0 Å². The molecule has 0 spiro atoms. The van der Waals surface area contributed by atoms with Gasteiger partial charge in [0.25, 0.3) is 0 Å². The van der Waals surface area contributed by atoms with Gasteiger partial charge in [-0.3, -0.25) is 0 Å². The Hall–Kier alpha value is -0.770. The molecule has 0 unspecified atom stereocenters. The van der Waals surface area contributed by atoms with Crippen LogP contribution < -0.4 is 10.5 Å². The van der Waals surface area contributed by atoms with E-state index in [4.69, 9.17) is 22.1 Å². The Morgan fingerprint density at radius 3 is 2.67 bits per heavy atom. The molecule has 1 fully saturated rings. The van der Waals surface area contributed by atoms with Crippen molar-refractivity contribution in [3.63, 3.8) is 0 Å². The van der Waals surface area contributed by atoms with Crippen molar-refractivity contribution in [3.8, 4) is 5.75 Å². The molecule has 0 saturated heterocycles. The van der Waals surface area contributed by atoms with E-state index in [1.54, 1.807) is 6.07 Å². The maximum atomic E-state index is 10.4. The van der Waals surface area contributed by atoms with Crippen LogP contribution in [-0.4, -0.2) is 17.3 Å². The molecule has 0 amide bonds. The van der Waals surface area contributed by atoms with Crippen molar-refractivity contribution in [1.29, 1.82) is 0 Å². The van der Waals surface area contributed by atoms with Gasteiger partial charge in [0.1, 0.15) is 12.4 Å². The lowest BCUT2D eigenvalue weighted by Crippen LogP contribution is -2.38. The molecule has 1 aromatic carbocycles. The van der Waals surface area contributed by atoms with Gasteiger partial charge in [-0.15, -0.1) is 0 Å². The van der Waals surface area contributed by atoms with Gasteiger partial charge in [0.2, 0.25) is 0 Å². The molecule has 1 aliphatic rings. The van der Waals surface area contributed by atoms with Crippen LogP contribution in [0.5, 0.6) is 5.75 Å². The van der Waals surface area contributed by atoms with E-state index in [0.717, 1.165) is 37.0 Å². The zero-order chi connectivity index (χ0) is 13.0. The summed E-state index contributed by atoms with van der Waals surface area (Å²) in [6.07, 6.45) is 4.99. The van der Waals surface area contributed by atoms with E-state index in [1.807, 2.05) is 12.1 Å². The first-order valence-electron chi connectivity index (χ1n) is 6.47. The van der Waals surface area contributed by atoms with Crippen LogP contribution in [-0.2, 0) is 6.54 Å². The molecule has 18 heavy (non-hydrogen) atoms. The van der Waals surface area contributed by atoms with E-state index in [1.165, 1.54) is 6.42 Å². The molecule has 4 heteroatoms. The second-order valence-electron chi connectivity index (χ2n) is 5.03. The Morgan fingerprint density at radius 1 is 1.28 bits per heavy atom. The molecule has 3 N–H and O–H groups in total. The Morgan fingerprint density at radius 2 is 2.00 bits per heavy atom. The average molecular weight is 270 g/mol. The SMILES string of the molecule is NCc1cc(Cl)ccc1OCC1(O)CCCCC1. The minimum atomic E-state index is -0.677. The summed E-state index contributed by atoms with van der Waals surface area (Å²) in [7, 11) is 0. The zero-order valence-electron chi connectivity index (χ0n) is 10.5. The first kappa shape index (κ1) is 13.7. The minimum Gasteiger partial charge on any atom is -0.490 e. The number of benzene rings is 1. The minimum absolute atomic E-state index is 0.335. The van der Waals surface area contributed by atoms with Crippen LogP contribution >= 0.6 is 11.6 Å². The maximum Gasteiger partial charge on any atom is 0.124 e. The van der Waals surface area contributed by atoms with E-state index in [-0.39, 0.29) is 0 Å². The van der Waals surface area contributed by atoms with Crippen molar-refractivity contribution in [1.82, 2.24) is 0 Å². The van der Waals surface area contributed by atoms with Crippen LogP contribution in [0, 0.1) is 0 Å². The lowest BCUT2D eigenvalue weighted by Gasteiger charge is -2.32. The molecule has 0 heterocycles. The van der Waals surface area contributed by atoms with Crippen LogP contribution in [0.1, 0.15) is 37.7 Å². The van der Waals surface area contributed by atoms with Gasteiger partial charge in [0.05, 0.1) is 5.60 Å². The summed E-state index contributed by atoms with van der Waals surface area (Å²) in [6.45, 7) is 0.718. The topological polar surface area (TPSA) is 55.5 Å². The summed E-state index contributed by atoms with van der Waals surface area (Å²) in [5, 5.41) is 11.0. The highest BCUT2D eigenvalue weighted by Gasteiger charge is 2.30. The smallest absolute Gasteiger partial charge is 0.124 e. The summed E-state index contributed by atoms with van der Waals surface area (Å²) in [6, 6.07) is 5.40. The summed E-state index contributed by atoms with van der Waals surface area (Å²) in [5.41, 5.74) is 5.86. The lowest BCUT2D eigenvalue weighted by atomic mass is 9.85. The molecule has 0 aliphatic heterocycles. The fourth-order valence-corrected chi connectivity index (χ4v) is 2.61. The van der Waals surface area contributed by atoms with Gasteiger partial charge < -0.3 is 15.6 Å². The number of halogens is 1. The van der Waals surface area contributed by atoms with Crippen molar-refractivity contribution in [2.45, 2.75) is 44.2 Å². The predicted molar refractivity (Wildman–Crippen MR) is 72.9 cm³/mol. The third-order valence-corrected chi connectivity index (χ3v) is 3.76. The number of ether oxygens (including phenoxy) is 1. The fraction of sp³-hybridized carbons (Fsp3) is 0.571. The highest BCUT2D eigenvalue weighted by Crippen LogP contribution is 2.30. The lowest BCUT2D eigenvalue weighted by molar-refractivity contribution is -0.0341. The molecule has 0 aromatic heterocycles. The van der Waals surface area contributed by atoms with Crippen molar-refractivity contribution >= 4 is 11.6 Å². The predicted octanol–water partition coefficient (Wildman–Crippen LogP) is 2.87. The van der Waals surface area contributed by atoms with E-state index >= 15 is 0 Å². The third-order valence-electron chi connectivity index (χ3n) is 3.52. The Labute approximate surface area is 113 Å². The molecule has 3 nitrogen and oxygen atoms in total. The van der Waals surface area contributed by atoms with E-state index < -0.39 is 5.60 Å². The normalized spacial score (nSPS) is 18.6. The van der Waals surface area contributed by atoms with Crippen LogP contribution in [0.2, 0.25) is 5.02 Å². The number of aliphatic hydroxyl groups is 1. The summed E-state index contributed by atoms with van der Waals surface area (Å²) >= 11 is 5.91. The van der Waals surface area contributed by atoms with Crippen molar-refractivity contribution in [3.05, 3.63) is 28.8 Å². The molecule has 0 bridgehead atoms. The molecule has 1 aromatic rings. The first-order chi connectivity index (χ1) is 8.63. The van der Waals surface area contributed by atoms with Crippen LogP contribution in [0.25, 0.3) is 0 Å². The average Bonchev–Trinajstić information content (AvgIpc) is 2.38. The Kier molecular flexibility index (Phi) is 4.49. The Balaban J connectivity index is 2.01. The van der Waals surface area contributed by atoms with Gasteiger partial charge in [0, 0.05) is 17.1 Å². The molecular formula is C14H20ClNO2. The van der Waals surface area contributed by atoms with Crippen molar-refractivity contribution in [2.24, 2.45) is 5.73 Å². The van der Waals surface area contributed by atoms with Gasteiger partial charge in [-0.25, -0.2) is 0 Å². The second-order valence-corrected chi connectivity index (χ2v) is 5.47. The first-order valence-corrected chi connectivity index (χ1v) is 6.84. The van der Waals surface area contributed by atoms with Gasteiger partial charge in [-0.2, -0.15) is 0 Å². The molecule has 1 saturated carbocycles. The fourth-order valence-electron chi connectivity index (χ4n) is 2.41. The van der Waals surface area contributed by atoms with E-state index in [2.05, 4.69) is 0 Å². The van der Waals surface area contributed by atoms with Crippen LogP contribution in [0.4, 0.5) is 0 Å². The quantitative estimate of drug-likeness (QED) is 0.884. The summed E-state index contributed by atoms with van der Waals surface area (Å²) < 4.78 is 5.74. The largest absolute Gasteiger partial charge is 0.490 e. The standard InChI is InChI=1S/C14H20ClNO2/c15-12-4-5-13(11(8-12)9-16)18-10-14(17)6-2-1-3-7-14/h4-5,8,17H,1-3,6-7,9-10,16H2. The van der Waals surface area contributed by atoms with Crippen molar-refractivity contribution in [2.75, 3.05) is 6.61 Å². The van der Waals surface area contributed by atoms with E-state index in [9.17, 15) is 5.11 Å². The molecule has 1 aliphatic carbocycles. The number of nitrogens with two attached hydrogens (primary N) is 1. The van der Waals surface area contributed by atoms with Gasteiger partial charge in [-0.05, 0) is 31.0 Å². The monoisotopic (exact) mass is 269 g/mol. The number of hydrogen-bond donors (Lipinski definition) is 2. The highest BCUT2D eigenvalue weighted by atomic mass is 35.5. The molecule has 100 valence electrons. The highest BCUT2D eigenvalue weighted by molar-refractivity contribution is 6.30.